The molecule has 2 amide bonds. The molecule has 5 fully saturated rings. The smallest absolute Gasteiger partial charge is 0.236 e. The van der Waals surface area contributed by atoms with Gasteiger partial charge in [-0.15, -0.1) is 0 Å². The van der Waals surface area contributed by atoms with Crippen LogP contribution in [0.3, 0.4) is 0 Å². The molecule has 6 rings (SSSR count). The summed E-state index contributed by atoms with van der Waals surface area (Å²) in [4.78, 5) is 34.1. The van der Waals surface area contributed by atoms with Crippen molar-refractivity contribution < 1.29 is 14.4 Å². The van der Waals surface area contributed by atoms with Crippen molar-refractivity contribution in [2.45, 2.75) is 96.7 Å². The Labute approximate surface area is 253 Å². The molecule has 2 N–H and O–H groups in total. The van der Waals surface area contributed by atoms with Gasteiger partial charge in [0.2, 0.25) is 11.8 Å². The number of amides is 2. The highest BCUT2D eigenvalue weighted by molar-refractivity contribution is 5.80. The predicted molar refractivity (Wildman–Crippen MR) is 166 cm³/mol. The molecule has 230 valence electrons. The van der Waals surface area contributed by atoms with Gasteiger partial charge in [0.25, 0.3) is 0 Å². The van der Waals surface area contributed by atoms with Crippen LogP contribution in [0.25, 0.3) is 0 Å². The van der Waals surface area contributed by atoms with Crippen molar-refractivity contribution in [3.63, 3.8) is 0 Å². The Bertz CT molecular complexity index is 1170. The molecule has 4 aliphatic carbocycles. The Morgan fingerprint density at radius 3 is 2.52 bits per heavy atom. The third-order valence-electron chi connectivity index (χ3n) is 11.2. The number of hydroxylamine groups is 2. The summed E-state index contributed by atoms with van der Waals surface area (Å²) in [6.45, 7) is 9.70. The summed E-state index contributed by atoms with van der Waals surface area (Å²) in [6.07, 6.45) is 9.40. The van der Waals surface area contributed by atoms with Gasteiger partial charge in [0.05, 0.1) is 7.11 Å². The van der Waals surface area contributed by atoms with E-state index >= 15 is 0 Å². The molecule has 4 atom stereocenters. The molecule has 0 aromatic heterocycles. The van der Waals surface area contributed by atoms with E-state index < -0.39 is 5.54 Å². The molecule has 7 nitrogen and oxygen atoms in total. The number of nitrogens with zero attached hydrogens (tertiary/aromatic N) is 2. The lowest BCUT2D eigenvalue weighted by Gasteiger charge is -2.62. The molecule has 42 heavy (non-hydrogen) atoms. The number of piperidine rings is 1. The van der Waals surface area contributed by atoms with Crippen LogP contribution in [0.5, 0.6) is 0 Å². The zero-order valence-electron chi connectivity index (χ0n) is 26.5. The van der Waals surface area contributed by atoms with Gasteiger partial charge in [0.1, 0.15) is 12.1 Å². The first-order chi connectivity index (χ1) is 20.1. The first-order valence-electron chi connectivity index (χ1n) is 16.3. The third-order valence-corrected chi connectivity index (χ3v) is 11.2. The molecule has 4 unspecified atom stereocenters. The van der Waals surface area contributed by atoms with Gasteiger partial charge in [-0.2, -0.15) is 5.06 Å². The fourth-order valence-electron chi connectivity index (χ4n) is 8.13. The summed E-state index contributed by atoms with van der Waals surface area (Å²) in [7, 11) is 3.74. The Kier molecular flexibility index (Phi) is 9.66. The number of carbonyl (C=O) groups is 2. The van der Waals surface area contributed by atoms with Crippen LogP contribution >= 0.6 is 0 Å². The van der Waals surface area contributed by atoms with Crippen LogP contribution in [0.15, 0.2) is 24.3 Å². The van der Waals surface area contributed by atoms with Crippen molar-refractivity contribution in [2.75, 3.05) is 33.8 Å². The number of hydrogen-bond donors (Lipinski definition) is 2. The molecule has 0 radical (unpaired) electrons. The maximum absolute atomic E-state index is 13.2. The van der Waals surface area contributed by atoms with Gasteiger partial charge in [0, 0.05) is 24.1 Å². The fourth-order valence-corrected chi connectivity index (χ4v) is 8.13. The molecule has 1 heterocycles. The largest absolute Gasteiger partial charge is 0.352 e. The second-order valence-electron chi connectivity index (χ2n) is 14.3. The van der Waals surface area contributed by atoms with Crippen LogP contribution in [0.4, 0.5) is 0 Å². The van der Waals surface area contributed by atoms with Crippen molar-refractivity contribution in [1.82, 2.24) is 20.6 Å². The van der Waals surface area contributed by atoms with Crippen LogP contribution in [0, 0.1) is 40.9 Å². The molecule has 4 saturated carbocycles. The van der Waals surface area contributed by atoms with Crippen molar-refractivity contribution in [3.05, 3.63) is 35.4 Å². The molecule has 5 aliphatic rings. The number of likely N-dealkylation sites (tertiary alicyclic amines) is 1. The van der Waals surface area contributed by atoms with E-state index in [4.69, 9.17) is 4.84 Å². The van der Waals surface area contributed by atoms with Crippen molar-refractivity contribution in [1.29, 1.82) is 0 Å². The highest BCUT2D eigenvalue weighted by Crippen LogP contribution is 2.61. The highest BCUT2D eigenvalue weighted by Gasteiger charge is 2.56. The van der Waals surface area contributed by atoms with E-state index in [1.807, 2.05) is 18.2 Å². The maximum Gasteiger partial charge on any atom is 0.236 e. The number of benzene rings is 1. The molecule has 0 spiro atoms. The summed E-state index contributed by atoms with van der Waals surface area (Å²) >= 11 is 0. The second-order valence-corrected chi connectivity index (χ2v) is 14.3. The minimum Gasteiger partial charge on any atom is -0.352 e. The maximum atomic E-state index is 13.2. The van der Waals surface area contributed by atoms with Crippen LogP contribution in [-0.2, 0) is 21.0 Å². The van der Waals surface area contributed by atoms with Crippen LogP contribution in [0.2, 0.25) is 0 Å². The summed E-state index contributed by atoms with van der Waals surface area (Å²) in [5.74, 6) is 9.10. The number of rotatable bonds is 8. The van der Waals surface area contributed by atoms with E-state index in [-0.39, 0.29) is 30.3 Å². The van der Waals surface area contributed by atoms with Crippen molar-refractivity contribution in [2.24, 2.45) is 29.1 Å². The van der Waals surface area contributed by atoms with E-state index in [1.165, 1.54) is 12.8 Å². The summed E-state index contributed by atoms with van der Waals surface area (Å²) < 4.78 is 0. The SMILES string of the molecule is CON(CC(=O)NC1CC2CC(C1C)C2(C)C)Cc1cccc(C#CC2(NC(=O)C3CCN(C)CC3)CCCCC2)c1. The third kappa shape index (κ3) is 7.04. The van der Waals surface area contributed by atoms with Gasteiger partial charge in [-0.3, -0.25) is 9.59 Å². The minimum absolute atomic E-state index is 0.0170. The lowest BCUT2D eigenvalue weighted by Crippen LogP contribution is -2.61. The fraction of sp³-hybridized carbons (Fsp3) is 0.714. The quantitative estimate of drug-likeness (QED) is 0.345. The number of fused-ring (bicyclic) bond motifs is 2. The minimum atomic E-state index is -0.447. The van der Waals surface area contributed by atoms with Crippen molar-refractivity contribution >= 4 is 11.8 Å². The lowest BCUT2D eigenvalue weighted by atomic mass is 9.45. The number of hydrogen-bond acceptors (Lipinski definition) is 5. The van der Waals surface area contributed by atoms with E-state index in [9.17, 15) is 9.59 Å². The number of nitrogens with one attached hydrogen (secondary N) is 2. The Balaban J connectivity index is 1.19. The molecule has 7 heteroatoms. The van der Waals surface area contributed by atoms with Gasteiger partial charge in [0.15, 0.2) is 0 Å². The standard InChI is InChI=1S/C35H52N4O3/c1-25-30-21-29(34(30,2)3)22-31(25)36-32(40)24-39(42-5)23-27-11-9-10-26(20-27)12-17-35(15-7-6-8-16-35)37-33(41)28-13-18-38(4)19-14-28/h9-11,20,25,28-31H,6-8,13-16,18-19,21-24H2,1-5H3,(H,36,40)(H,37,41). The summed E-state index contributed by atoms with van der Waals surface area (Å²) in [5, 5.41) is 8.43. The number of carbonyl (C=O) groups excluding carboxylic acids is 2. The Morgan fingerprint density at radius 2 is 1.86 bits per heavy atom. The summed E-state index contributed by atoms with van der Waals surface area (Å²) in [6, 6.07) is 8.40. The van der Waals surface area contributed by atoms with Crippen LogP contribution in [0.1, 0.15) is 89.7 Å². The van der Waals surface area contributed by atoms with E-state index in [0.717, 1.165) is 69.2 Å². The second kappa shape index (κ2) is 13.1. The highest BCUT2D eigenvalue weighted by atomic mass is 16.7. The van der Waals surface area contributed by atoms with Gasteiger partial charge in [-0.1, -0.05) is 64.0 Å². The summed E-state index contributed by atoms with van der Waals surface area (Å²) in [5.41, 5.74) is 1.92. The van der Waals surface area contributed by atoms with Gasteiger partial charge in [-0.05, 0) is 99.5 Å². The normalized spacial score (nSPS) is 28.7. The molecule has 1 aromatic rings. The Hall–Kier alpha value is -2.40. The molecule has 1 aliphatic heterocycles. The first-order valence-corrected chi connectivity index (χ1v) is 16.3. The first kappa shape index (κ1) is 31.0. The topological polar surface area (TPSA) is 73.9 Å². The average molecular weight is 577 g/mol. The predicted octanol–water partition coefficient (Wildman–Crippen LogP) is 4.75. The molecular formula is C35H52N4O3. The molecule has 2 bridgehead atoms. The zero-order valence-corrected chi connectivity index (χ0v) is 26.5. The lowest BCUT2D eigenvalue weighted by molar-refractivity contribution is -0.159. The van der Waals surface area contributed by atoms with E-state index in [1.54, 1.807) is 12.2 Å². The van der Waals surface area contributed by atoms with Gasteiger partial charge >= 0.3 is 0 Å². The van der Waals surface area contributed by atoms with Gasteiger partial charge < -0.3 is 20.4 Å². The van der Waals surface area contributed by atoms with Crippen LogP contribution in [-0.4, -0.2) is 67.1 Å². The van der Waals surface area contributed by atoms with E-state index in [0.29, 0.717) is 29.7 Å². The van der Waals surface area contributed by atoms with Gasteiger partial charge in [-0.25, -0.2) is 0 Å². The zero-order chi connectivity index (χ0) is 29.9. The Morgan fingerprint density at radius 1 is 1.12 bits per heavy atom. The van der Waals surface area contributed by atoms with Crippen molar-refractivity contribution in [3.8, 4) is 11.8 Å². The molecule has 1 aromatic carbocycles. The molecular weight excluding hydrogens is 524 g/mol. The molecule has 1 saturated heterocycles. The van der Waals surface area contributed by atoms with Crippen LogP contribution < -0.4 is 10.6 Å². The van der Waals surface area contributed by atoms with E-state index in [2.05, 4.69) is 61.3 Å². The average Bonchev–Trinajstić information content (AvgIpc) is 2.97. The monoisotopic (exact) mass is 576 g/mol.